The van der Waals surface area contributed by atoms with E-state index in [9.17, 15) is 0 Å². The molecule has 0 spiro atoms. The molecule has 0 bridgehead atoms. The van der Waals surface area contributed by atoms with Crippen LogP contribution in [0, 0.1) is 5.92 Å². The van der Waals surface area contributed by atoms with Gasteiger partial charge < -0.3 is 11.6 Å². The molecule has 0 fully saturated rings. The summed E-state index contributed by atoms with van der Waals surface area (Å²) in [7, 11) is 0. The Labute approximate surface area is 73.7 Å². The van der Waals surface area contributed by atoms with Gasteiger partial charge in [-0.05, 0) is 12.8 Å². The summed E-state index contributed by atoms with van der Waals surface area (Å²) in [4.78, 5) is 4.28. The highest BCUT2D eigenvalue weighted by atomic mass is 15.1. The molecule has 0 amide bonds. The molecule has 0 saturated carbocycles. The number of hydrogen-bond acceptors (Lipinski definition) is 4. The summed E-state index contributed by atoms with van der Waals surface area (Å²) >= 11 is 0. The average molecular weight is 170 g/mol. The smallest absolute Gasteiger partial charge is 0.0966 e. The quantitative estimate of drug-likeness (QED) is 0.363. The van der Waals surface area contributed by atoms with E-state index in [4.69, 9.17) is 11.6 Å². The lowest BCUT2D eigenvalue weighted by atomic mass is 9.90. The maximum absolute atomic E-state index is 5.31. The lowest BCUT2D eigenvalue weighted by Gasteiger charge is -2.24. The van der Waals surface area contributed by atoms with Crippen molar-refractivity contribution in [1.82, 2.24) is 0 Å². The zero-order valence-electron chi connectivity index (χ0n) is 7.99. The minimum atomic E-state index is -0.325. The monoisotopic (exact) mass is 170 g/mol. The highest BCUT2D eigenvalue weighted by Crippen LogP contribution is 2.18. The van der Waals surface area contributed by atoms with Crippen LogP contribution in [0.15, 0.2) is 10.1 Å². The molecule has 0 aliphatic heterocycles. The Morgan fingerprint density at radius 3 is 2.42 bits per heavy atom. The van der Waals surface area contributed by atoms with E-state index >= 15 is 0 Å². The van der Waals surface area contributed by atoms with Crippen molar-refractivity contribution in [3.8, 4) is 0 Å². The Morgan fingerprint density at radius 2 is 2.08 bits per heavy atom. The van der Waals surface area contributed by atoms with Gasteiger partial charge >= 0.3 is 0 Å². The molecule has 0 heterocycles. The first-order chi connectivity index (χ1) is 5.56. The Kier molecular flexibility index (Phi) is 4.51. The van der Waals surface area contributed by atoms with Crippen molar-refractivity contribution in [2.24, 2.45) is 27.6 Å². The predicted molar refractivity (Wildman–Crippen MR) is 53.5 cm³/mol. The van der Waals surface area contributed by atoms with Crippen LogP contribution in [0.1, 0.15) is 20.8 Å². The second-order valence-corrected chi connectivity index (χ2v) is 3.21. The molecule has 1 atom stereocenters. The van der Waals surface area contributed by atoms with Crippen LogP contribution in [0.3, 0.4) is 0 Å². The zero-order chi connectivity index (χ0) is 9.61. The molecule has 0 rings (SSSR count). The van der Waals surface area contributed by atoms with Gasteiger partial charge in [0.15, 0.2) is 0 Å². The third-order valence-electron chi connectivity index (χ3n) is 1.98. The van der Waals surface area contributed by atoms with Crippen molar-refractivity contribution in [2.75, 3.05) is 6.54 Å². The van der Waals surface area contributed by atoms with Crippen LogP contribution >= 0.6 is 0 Å². The minimum absolute atomic E-state index is 0.325. The van der Waals surface area contributed by atoms with E-state index in [-0.39, 0.29) is 5.54 Å². The molecule has 4 heteroatoms. The van der Waals surface area contributed by atoms with Crippen LogP contribution in [0.4, 0.5) is 0 Å². The lowest BCUT2D eigenvalue weighted by Crippen LogP contribution is -2.32. The van der Waals surface area contributed by atoms with Crippen LogP contribution in [0.2, 0.25) is 0 Å². The first kappa shape index (κ1) is 11.1. The van der Waals surface area contributed by atoms with Crippen molar-refractivity contribution in [1.29, 1.82) is 0 Å². The largest absolute Gasteiger partial charge is 0.326 e. The summed E-state index contributed by atoms with van der Waals surface area (Å²) in [6.07, 6.45) is 3.32. The third-order valence-corrected chi connectivity index (χ3v) is 1.98. The van der Waals surface area contributed by atoms with Gasteiger partial charge in [0.05, 0.1) is 11.8 Å². The normalized spacial score (nSPS) is 17.8. The van der Waals surface area contributed by atoms with Gasteiger partial charge in [-0.3, -0.25) is 4.99 Å². The van der Waals surface area contributed by atoms with Crippen LogP contribution in [0.25, 0.3) is 0 Å². The molecule has 70 valence electrons. The second kappa shape index (κ2) is 4.87. The van der Waals surface area contributed by atoms with Crippen molar-refractivity contribution < 1.29 is 0 Å². The number of rotatable bonds is 4. The molecule has 1 unspecified atom stereocenters. The standard InChI is InChI=1S/C8H18N4/c1-7(2)8(3,6-12-10)11-5-4-9/h5-7H,4,9-10H2,1-3H3/b11-5?,12-6-. The molecule has 0 aliphatic carbocycles. The number of nitrogens with two attached hydrogens (primary N) is 2. The average Bonchev–Trinajstić information content (AvgIpc) is 2.01. The van der Waals surface area contributed by atoms with E-state index in [0.717, 1.165) is 0 Å². The van der Waals surface area contributed by atoms with Gasteiger partial charge in [-0.2, -0.15) is 5.10 Å². The molecule has 0 aliphatic rings. The van der Waals surface area contributed by atoms with Gasteiger partial charge in [0.2, 0.25) is 0 Å². The van der Waals surface area contributed by atoms with Crippen LogP contribution < -0.4 is 11.6 Å². The van der Waals surface area contributed by atoms with Crippen LogP contribution in [-0.2, 0) is 0 Å². The molecular weight excluding hydrogens is 152 g/mol. The lowest BCUT2D eigenvalue weighted by molar-refractivity contribution is 0.459. The highest BCUT2D eigenvalue weighted by molar-refractivity contribution is 5.74. The molecule has 0 saturated heterocycles. The predicted octanol–water partition coefficient (Wildman–Crippen LogP) is 0.375. The van der Waals surface area contributed by atoms with E-state index in [1.807, 2.05) is 6.92 Å². The first-order valence-corrected chi connectivity index (χ1v) is 4.05. The Balaban J connectivity index is 4.50. The number of nitrogens with zero attached hydrogens (tertiary/aromatic N) is 2. The fourth-order valence-electron chi connectivity index (χ4n) is 0.732. The Bertz CT molecular complexity index is 174. The van der Waals surface area contributed by atoms with Crippen LogP contribution in [0.5, 0.6) is 0 Å². The van der Waals surface area contributed by atoms with Gasteiger partial charge in [0, 0.05) is 12.8 Å². The third kappa shape index (κ3) is 3.00. The summed E-state index contributed by atoms with van der Waals surface area (Å²) in [5.74, 6) is 5.44. The van der Waals surface area contributed by atoms with Crippen molar-refractivity contribution in [3.05, 3.63) is 0 Å². The summed E-state index contributed by atoms with van der Waals surface area (Å²) in [5.41, 5.74) is 4.98. The molecule has 0 aromatic rings. The van der Waals surface area contributed by atoms with E-state index in [0.29, 0.717) is 12.5 Å². The van der Waals surface area contributed by atoms with Gasteiger partial charge in [-0.15, -0.1) is 0 Å². The summed E-state index contributed by atoms with van der Waals surface area (Å²) in [6.45, 7) is 6.55. The van der Waals surface area contributed by atoms with E-state index in [2.05, 4.69) is 23.9 Å². The number of hydrazone groups is 1. The highest BCUT2D eigenvalue weighted by Gasteiger charge is 2.24. The summed E-state index contributed by atoms with van der Waals surface area (Å²) in [5, 5.41) is 3.50. The summed E-state index contributed by atoms with van der Waals surface area (Å²) < 4.78 is 0. The summed E-state index contributed by atoms with van der Waals surface area (Å²) in [6, 6.07) is 0. The molecule has 4 N–H and O–H groups in total. The Morgan fingerprint density at radius 1 is 1.50 bits per heavy atom. The van der Waals surface area contributed by atoms with E-state index in [1.165, 1.54) is 0 Å². The van der Waals surface area contributed by atoms with Crippen LogP contribution in [-0.4, -0.2) is 24.5 Å². The van der Waals surface area contributed by atoms with Gasteiger partial charge in [-0.25, -0.2) is 0 Å². The molecular formula is C8H18N4. The Hall–Kier alpha value is -0.900. The van der Waals surface area contributed by atoms with Crippen molar-refractivity contribution in [2.45, 2.75) is 26.3 Å². The molecule has 4 nitrogen and oxygen atoms in total. The zero-order valence-corrected chi connectivity index (χ0v) is 7.99. The number of aliphatic imine (C=N–C) groups is 1. The fraction of sp³-hybridized carbons (Fsp3) is 0.750. The van der Waals surface area contributed by atoms with Gasteiger partial charge in [-0.1, -0.05) is 13.8 Å². The SMILES string of the molecule is CC(C)C(C)(/C=N\N)N=CCN. The second-order valence-electron chi connectivity index (χ2n) is 3.21. The van der Waals surface area contributed by atoms with E-state index < -0.39 is 0 Å². The fourth-order valence-corrected chi connectivity index (χ4v) is 0.732. The topological polar surface area (TPSA) is 76.8 Å². The maximum Gasteiger partial charge on any atom is 0.0966 e. The minimum Gasteiger partial charge on any atom is -0.326 e. The number of hydrogen-bond donors (Lipinski definition) is 2. The molecule has 0 aromatic heterocycles. The van der Waals surface area contributed by atoms with Gasteiger partial charge in [0.1, 0.15) is 0 Å². The molecule has 0 radical (unpaired) electrons. The van der Waals surface area contributed by atoms with E-state index in [1.54, 1.807) is 12.4 Å². The molecule has 0 aromatic carbocycles. The van der Waals surface area contributed by atoms with Gasteiger partial charge in [0.25, 0.3) is 0 Å². The maximum atomic E-state index is 5.31. The van der Waals surface area contributed by atoms with Crippen molar-refractivity contribution in [3.63, 3.8) is 0 Å². The van der Waals surface area contributed by atoms with Crippen molar-refractivity contribution >= 4 is 12.4 Å². The first-order valence-electron chi connectivity index (χ1n) is 4.05. The molecule has 12 heavy (non-hydrogen) atoms.